The summed E-state index contributed by atoms with van der Waals surface area (Å²) < 4.78 is 0. The molecule has 2 unspecified atom stereocenters. The van der Waals surface area contributed by atoms with E-state index in [1.54, 1.807) is 19.0 Å². The molecular weight excluding hydrogens is 236 g/mol. The Morgan fingerprint density at radius 3 is 2.41 bits per heavy atom. The molecule has 0 bridgehead atoms. The Balaban J connectivity index is 2.70. The van der Waals surface area contributed by atoms with Gasteiger partial charge in [-0.25, -0.2) is 0 Å². The third kappa shape index (κ3) is 3.72. The van der Waals surface area contributed by atoms with Crippen molar-refractivity contribution in [3.05, 3.63) is 34.9 Å². The van der Waals surface area contributed by atoms with Crippen molar-refractivity contribution in [1.29, 1.82) is 0 Å². The van der Waals surface area contributed by atoms with E-state index in [1.807, 2.05) is 38.1 Å². The van der Waals surface area contributed by atoms with Gasteiger partial charge < -0.3 is 4.90 Å². The monoisotopic (exact) mass is 254 g/mol. The van der Waals surface area contributed by atoms with Crippen LogP contribution in [-0.2, 0) is 4.79 Å². The maximum absolute atomic E-state index is 11.7. The number of nitrogens with one attached hydrogen (secondary N) is 1. The van der Waals surface area contributed by atoms with E-state index in [9.17, 15) is 4.79 Å². The molecule has 4 heteroatoms. The lowest BCUT2D eigenvalue weighted by atomic mass is 10.1. The Bertz CT molecular complexity index is 393. The molecule has 0 aliphatic rings. The molecule has 0 aromatic heterocycles. The van der Waals surface area contributed by atoms with Crippen LogP contribution in [0, 0.1) is 0 Å². The van der Waals surface area contributed by atoms with E-state index in [1.165, 1.54) is 0 Å². The summed E-state index contributed by atoms with van der Waals surface area (Å²) in [6.07, 6.45) is 0. The summed E-state index contributed by atoms with van der Waals surface area (Å²) in [5.74, 6) is 0.0592. The molecular formula is C13H19ClN2O. The van der Waals surface area contributed by atoms with Crippen LogP contribution in [0.5, 0.6) is 0 Å². The summed E-state index contributed by atoms with van der Waals surface area (Å²) in [5.41, 5.74) is 1.01. The Kier molecular flexibility index (Phi) is 4.97. The topological polar surface area (TPSA) is 32.3 Å². The maximum atomic E-state index is 11.7. The van der Waals surface area contributed by atoms with Crippen molar-refractivity contribution >= 4 is 17.5 Å². The third-order valence-electron chi connectivity index (χ3n) is 2.68. The molecule has 0 aliphatic heterocycles. The van der Waals surface area contributed by atoms with Gasteiger partial charge in [0.15, 0.2) is 0 Å². The zero-order valence-corrected chi connectivity index (χ0v) is 11.5. The normalized spacial score (nSPS) is 14.2. The molecule has 0 saturated carbocycles. The molecule has 0 saturated heterocycles. The first-order valence-corrected chi connectivity index (χ1v) is 6.03. The van der Waals surface area contributed by atoms with Crippen LogP contribution in [-0.4, -0.2) is 30.9 Å². The molecule has 1 N–H and O–H groups in total. The highest BCUT2D eigenvalue weighted by atomic mass is 35.5. The lowest BCUT2D eigenvalue weighted by molar-refractivity contribution is -0.130. The summed E-state index contributed by atoms with van der Waals surface area (Å²) in [6.45, 7) is 3.86. The molecule has 0 fully saturated rings. The van der Waals surface area contributed by atoms with E-state index in [-0.39, 0.29) is 18.0 Å². The SMILES string of the molecule is CC(NC(C)c1ccccc1Cl)C(=O)N(C)C. The van der Waals surface area contributed by atoms with Crippen molar-refractivity contribution in [2.45, 2.75) is 25.9 Å². The Morgan fingerprint density at radius 2 is 1.88 bits per heavy atom. The number of benzene rings is 1. The summed E-state index contributed by atoms with van der Waals surface area (Å²) in [6, 6.07) is 7.48. The largest absolute Gasteiger partial charge is 0.347 e. The predicted octanol–water partition coefficient (Wildman–Crippen LogP) is 2.47. The van der Waals surface area contributed by atoms with Crippen LogP contribution in [0.3, 0.4) is 0 Å². The van der Waals surface area contributed by atoms with E-state index >= 15 is 0 Å². The fourth-order valence-corrected chi connectivity index (χ4v) is 2.05. The molecule has 0 heterocycles. The number of halogens is 1. The number of hydrogen-bond acceptors (Lipinski definition) is 2. The minimum Gasteiger partial charge on any atom is -0.347 e. The molecule has 1 rings (SSSR count). The molecule has 1 amide bonds. The van der Waals surface area contributed by atoms with Crippen LogP contribution >= 0.6 is 11.6 Å². The molecule has 1 aromatic carbocycles. The minimum atomic E-state index is -0.226. The van der Waals surface area contributed by atoms with Gasteiger partial charge in [-0.3, -0.25) is 10.1 Å². The molecule has 0 spiro atoms. The fourth-order valence-electron chi connectivity index (χ4n) is 1.75. The van der Waals surface area contributed by atoms with E-state index in [4.69, 9.17) is 11.6 Å². The van der Waals surface area contributed by atoms with Gasteiger partial charge in [-0.05, 0) is 25.5 Å². The van der Waals surface area contributed by atoms with Gasteiger partial charge in [-0.1, -0.05) is 29.8 Å². The van der Waals surface area contributed by atoms with E-state index in [0.29, 0.717) is 0 Å². The first kappa shape index (κ1) is 14.0. The van der Waals surface area contributed by atoms with Crippen molar-refractivity contribution in [3.63, 3.8) is 0 Å². The zero-order valence-electron chi connectivity index (χ0n) is 10.7. The second-order valence-electron chi connectivity index (χ2n) is 4.36. The van der Waals surface area contributed by atoms with Gasteiger partial charge in [0.2, 0.25) is 5.91 Å². The average molecular weight is 255 g/mol. The molecule has 0 aliphatic carbocycles. The molecule has 94 valence electrons. The fraction of sp³-hybridized carbons (Fsp3) is 0.462. The van der Waals surface area contributed by atoms with E-state index in [0.717, 1.165) is 10.6 Å². The first-order chi connectivity index (χ1) is 7.93. The van der Waals surface area contributed by atoms with Crippen molar-refractivity contribution in [3.8, 4) is 0 Å². The summed E-state index contributed by atoms with van der Waals surface area (Å²) in [7, 11) is 3.50. The average Bonchev–Trinajstić information content (AvgIpc) is 2.28. The Hall–Kier alpha value is -1.06. The Labute approximate surface area is 108 Å². The number of carbonyl (C=O) groups excluding carboxylic acids is 1. The molecule has 3 nitrogen and oxygen atoms in total. The van der Waals surface area contributed by atoms with Crippen LogP contribution in [0.4, 0.5) is 0 Å². The standard InChI is InChI=1S/C13H19ClN2O/c1-9(11-7-5-6-8-12(11)14)15-10(2)13(17)16(3)4/h5-10,15H,1-4H3. The Morgan fingerprint density at radius 1 is 1.29 bits per heavy atom. The molecule has 0 radical (unpaired) electrons. The van der Waals surface area contributed by atoms with Crippen molar-refractivity contribution in [1.82, 2.24) is 10.2 Å². The van der Waals surface area contributed by atoms with Crippen LogP contribution in [0.1, 0.15) is 25.5 Å². The molecule has 2 atom stereocenters. The highest BCUT2D eigenvalue weighted by Gasteiger charge is 2.18. The number of amides is 1. The summed E-state index contributed by atoms with van der Waals surface area (Å²) >= 11 is 6.11. The van der Waals surface area contributed by atoms with Crippen LogP contribution < -0.4 is 5.32 Å². The molecule has 1 aromatic rings. The highest BCUT2D eigenvalue weighted by Crippen LogP contribution is 2.22. The summed E-state index contributed by atoms with van der Waals surface area (Å²) in [4.78, 5) is 13.3. The number of rotatable bonds is 4. The second-order valence-corrected chi connectivity index (χ2v) is 4.77. The number of carbonyl (C=O) groups is 1. The number of hydrogen-bond donors (Lipinski definition) is 1. The van der Waals surface area contributed by atoms with Gasteiger partial charge >= 0.3 is 0 Å². The lowest BCUT2D eigenvalue weighted by Crippen LogP contribution is -2.42. The third-order valence-corrected chi connectivity index (χ3v) is 3.03. The minimum absolute atomic E-state index is 0.0441. The van der Waals surface area contributed by atoms with Crippen LogP contribution in [0.25, 0.3) is 0 Å². The number of nitrogens with zero attached hydrogens (tertiary/aromatic N) is 1. The van der Waals surface area contributed by atoms with Gasteiger partial charge in [0.05, 0.1) is 6.04 Å². The van der Waals surface area contributed by atoms with Gasteiger partial charge in [-0.15, -0.1) is 0 Å². The van der Waals surface area contributed by atoms with Gasteiger partial charge in [0, 0.05) is 25.2 Å². The smallest absolute Gasteiger partial charge is 0.238 e. The van der Waals surface area contributed by atoms with Gasteiger partial charge in [0.25, 0.3) is 0 Å². The van der Waals surface area contributed by atoms with Crippen molar-refractivity contribution in [2.24, 2.45) is 0 Å². The van der Waals surface area contributed by atoms with Crippen LogP contribution in [0.15, 0.2) is 24.3 Å². The van der Waals surface area contributed by atoms with Gasteiger partial charge in [-0.2, -0.15) is 0 Å². The lowest BCUT2D eigenvalue weighted by Gasteiger charge is -2.23. The molecule has 17 heavy (non-hydrogen) atoms. The number of likely N-dealkylation sites (N-methyl/N-ethyl adjacent to an activating group) is 1. The van der Waals surface area contributed by atoms with E-state index < -0.39 is 0 Å². The van der Waals surface area contributed by atoms with Crippen LogP contribution in [0.2, 0.25) is 5.02 Å². The second kappa shape index (κ2) is 6.03. The quantitative estimate of drug-likeness (QED) is 0.895. The van der Waals surface area contributed by atoms with E-state index in [2.05, 4.69) is 5.32 Å². The first-order valence-electron chi connectivity index (χ1n) is 5.65. The van der Waals surface area contributed by atoms with Gasteiger partial charge in [0.1, 0.15) is 0 Å². The maximum Gasteiger partial charge on any atom is 0.238 e. The van der Waals surface area contributed by atoms with Crippen molar-refractivity contribution < 1.29 is 4.79 Å². The van der Waals surface area contributed by atoms with Crippen molar-refractivity contribution in [2.75, 3.05) is 14.1 Å². The predicted molar refractivity (Wildman–Crippen MR) is 71.2 cm³/mol. The zero-order chi connectivity index (χ0) is 13.0. The highest BCUT2D eigenvalue weighted by molar-refractivity contribution is 6.31. The summed E-state index contributed by atoms with van der Waals surface area (Å²) in [5, 5.41) is 3.96.